The second kappa shape index (κ2) is 10.2. The van der Waals surface area contributed by atoms with Crippen molar-refractivity contribution in [2.45, 2.75) is 27.7 Å². The first-order chi connectivity index (χ1) is 5.79. The molecule has 1 nitrogen and oxygen atoms in total. The second-order valence-electron chi connectivity index (χ2n) is 2.16. The highest BCUT2D eigenvalue weighted by atomic mass is 14.4. The Labute approximate surface area is 76.6 Å². The molecule has 0 radical (unpaired) electrons. The first-order valence-electron chi connectivity index (χ1n) is 4.40. The van der Waals surface area contributed by atoms with Crippen molar-refractivity contribution in [3.8, 4) is 0 Å². The van der Waals surface area contributed by atoms with Gasteiger partial charge in [0.25, 0.3) is 0 Å². The highest BCUT2D eigenvalue weighted by Crippen LogP contribution is 2.00. The summed E-state index contributed by atoms with van der Waals surface area (Å²) in [5.41, 5.74) is 7.18. The smallest absolute Gasteiger partial charge is 0.0195 e. The van der Waals surface area contributed by atoms with Gasteiger partial charge in [-0.3, -0.25) is 0 Å². The largest absolute Gasteiger partial charge is 0.333 e. The number of benzene rings is 1. The Bertz CT molecular complexity index is 165. The van der Waals surface area contributed by atoms with Crippen LogP contribution in [0.2, 0.25) is 0 Å². The molecule has 1 aromatic carbocycles. The normalized spacial score (nSPS) is 7.17. The minimum Gasteiger partial charge on any atom is -0.333 e. The van der Waals surface area contributed by atoms with Crippen LogP contribution in [0.4, 0.5) is 0 Å². The Hall–Kier alpha value is -0.820. The van der Waals surface area contributed by atoms with Crippen LogP contribution in [0, 0.1) is 13.8 Å². The van der Waals surface area contributed by atoms with Gasteiger partial charge in [-0.15, -0.1) is 0 Å². The molecule has 2 N–H and O–H groups in total. The number of nitrogens with two attached hydrogens (primary N) is 1. The van der Waals surface area contributed by atoms with Crippen LogP contribution in [-0.4, -0.2) is 7.05 Å². The third kappa shape index (κ3) is 7.29. The van der Waals surface area contributed by atoms with E-state index in [1.54, 1.807) is 0 Å². The van der Waals surface area contributed by atoms with E-state index < -0.39 is 0 Å². The first-order valence-corrected chi connectivity index (χ1v) is 4.40. The third-order valence-corrected chi connectivity index (χ3v) is 1.17. The number of hydrogen-bond donors (Lipinski definition) is 1. The summed E-state index contributed by atoms with van der Waals surface area (Å²) >= 11 is 0. The standard InChI is InChI=1S/C8H10.C2H6.CH5N/c1-7-4-3-5-8(2)6-7;2*1-2/h3-6H,1-2H3;1-2H3;2H2,1H3. The molecular formula is C11H21N. The maximum absolute atomic E-state index is 4.50. The summed E-state index contributed by atoms with van der Waals surface area (Å²) < 4.78 is 0. The molecule has 12 heavy (non-hydrogen) atoms. The summed E-state index contributed by atoms with van der Waals surface area (Å²) in [4.78, 5) is 0. The van der Waals surface area contributed by atoms with Gasteiger partial charge in [-0.05, 0) is 20.9 Å². The zero-order valence-electron chi connectivity index (χ0n) is 8.89. The fourth-order valence-corrected chi connectivity index (χ4v) is 0.807. The highest BCUT2D eigenvalue weighted by molar-refractivity contribution is 5.20. The van der Waals surface area contributed by atoms with Crippen molar-refractivity contribution in [1.82, 2.24) is 0 Å². The van der Waals surface area contributed by atoms with E-state index in [-0.39, 0.29) is 0 Å². The van der Waals surface area contributed by atoms with Gasteiger partial charge in [0.15, 0.2) is 0 Å². The summed E-state index contributed by atoms with van der Waals surface area (Å²) in [6.45, 7) is 8.21. The van der Waals surface area contributed by atoms with Crippen LogP contribution in [-0.2, 0) is 0 Å². The van der Waals surface area contributed by atoms with E-state index >= 15 is 0 Å². The predicted octanol–water partition coefficient (Wildman–Crippen LogP) is 2.90. The second-order valence-corrected chi connectivity index (χ2v) is 2.16. The van der Waals surface area contributed by atoms with E-state index in [0.717, 1.165) is 0 Å². The maximum Gasteiger partial charge on any atom is -0.0195 e. The summed E-state index contributed by atoms with van der Waals surface area (Å²) in [7, 11) is 1.50. The number of aryl methyl sites for hydroxylation is 2. The minimum absolute atomic E-state index is 1.34. The van der Waals surface area contributed by atoms with Gasteiger partial charge in [0.05, 0.1) is 0 Å². The van der Waals surface area contributed by atoms with E-state index in [1.165, 1.54) is 18.2 Å². The molecule has 0 aliphatic carbocycles. The Morgan fingerprint density at radius 1 is 0.917 bits per heavy atom. The molecule has 0 aliphatic rings. The van der Waals surface area contributed by atoms with E-state index in [0.29, 0.717) is 0 Å². The monoisotopic (exact) mass is 167 g/mol. The molecule has 0 unspecified atom stereocenters. The third-order valence-electron chi connectivity index (χ3n) is 1.17. The zero-order chi connectivity index (χ0) is 9.98. The SMILES string of the molecule is CC.CN.Cc1cccc(C)c1. The van der Waals surface area contributed by atoms with Gasteiger partial charge in [0.2, 0.25) is 0 Å². The molecule has 0 fully saturated rings. The molecule has 1 rings (SSSR count). The van der Waals surface area contributed by atoms with Crippen molar-refractivity contribution < 1.29 is 0 Å². The lowest BCUT2D eigenvalue weighted by atomic mass is 10.2. The summed E-state index contributed by atoms with van der Waals surface area (Å²) in [5, 5.41) is 0. The summed E-state index contributed by atoms with van der Waals surface area (Å²) in [6, 6.07) is 8.45. The lowest BCUT2D eigenvalue weighted by molar-refractivity contribution is 1.39. The Morgan fingerprint density at radius 3 is 1.42 bits per heavy atom. The van der Waals surface area contributed by atoms with Gasteiger partial charge in [0, 0.05) is 0 Å². The van der Waals surface area contributed by atoms with Crippen LogP contribution in [0.3, 0.4) is 0 Å². The average molecular weight is 167 g/mol. The van der Waals surface area contributed by atoms with Crippen LogP contribution in [0.5, 0.6) is 0 Å². The maximum atomic E-state index is 4.50. The fraction of sp³-hybridized carbons (Fsp3) is 0.455. The molecular weight excluding hydrogens is 146 g/mol. The molecule has 1 aromatic rings. The molecule has 0 atom stereocenters. The number of rotatable bonds is 0. The lowest BCUT2D eigenvalue weighted by Gasteiger charge is -1.90. The van der Waals surface area contributed by atoms with Crippen molar-refractivity contribution in [3.63, 3.8) is 0 Å². The summed E-state index contributed by atoms with van der Waals surface area (Å²) in [6.07, 6.45) is 0. The molecule has 0 saturated heterocycles. The molecule has 0 heterocycles. The van der Waals surface area contributed by atoms with Gasteiger partial charge < -0.3 is 5.73 Å². The van der Waals surface area contributed by atoms with Crippen LogP contribution in [0.1, 0.15) is 25.0 Å². The van der Waals surface area contributed by atoms with E-state index in [1.807, 2.05) is 13.8 Å². The topological polar surface area (TPSA) is 26.0 Å². The first kappa shape index (κ1) is 13.7. The molecule has 0 aromatic heterocycles. The Balaban J connectivity index is 0. The van der Waals surface area contributed by atoms with Crippen molar-refractivity contribution in [2.24, 2.45) is 5.73 Å². The molecule has 0 aliphatic heterocycles. The van der Waals surface area contributed by atoms with Crippen LogP contribution in [0.25, 0.3) is 0 Å². The zero-order valence-corrected chi connectivity index (χ0v) is 8.89. The van der Waals surface area contributed by atoms with Gasteiger partial charge in [-0.1, -0.05) is 49.2 Å². The Kier molecular flexibility index (Phi) is 11.7. The van der Waals surface area contributed by atoms with Crippen LogP contribution < -0.4 is 5.73 Å². The van der Waals surface area contributed by atoms with E-state index in [2.05, 4.69) is 43.8 Å². The van der Waals surface area contributed by atoms with E-state index in [9.17, 15) is 0 Å². The van der Waals surface area contributed by atoms with Crippen molar-refractivity contribution >= 4 is 0 Å². The minimum atomic E-state index is 1.34. The number of hydrogen-bond acceptors (Lipinski definition) is 1. The fourth-order valence-electron chi connectivity index (χ4n) is 0.807. The molecule has 0 amide bonds. The molecule has 1 heteroatoms. The van der Waals surface area contributed by atoms with Gasteiger partial charge >= 0.3 is 0 Å². The van der Waals surface area contributed by atoms with E-state index in [4.69, 9.17) is 0 Å². The highest BCUT2D eigenvalue weighted by Gasteiger charge is 1.80. The van der Waals surface area contributed by atoms with Crippen molar-refractivity contribution in [3.05, 3.63) is 35.4 Å². The average Bonchev–Trinajstić information content (AvgIpc) is 2.11. The van der Waals surface area contributed by atoms with Crippen LogP contribution in [0.15, 0.2) is 24.3 Å². The predicted molar refractivity (Wildman–Crippen MR) is 57.4 cm³/mol. The van der Waals surface area contributed by atoms with Gasteiger partial charge in [0.1, 0.15) is 0 Å². The van der Waals surface area contributed by atoms with Gasteiger partial charge in [-0.2, -0.15) is 0 Å². The molecule has 0 bridgehead atoms. The van der Waals surface area contributed by atoms with Crippen molar-refractivity contribution in [2.75, 3.05) is 7.05 Å². The van der Waals surface area contributed by atoms with Crippen molar-refractivity contribution in [1.29, 1.82) is 0 Å². The molecule has 0 saturated carbocycles. The van der Waals surface area contributed by atoms with Gasteiger partial charge in [-0.25, -0.2) is 0 Å². The Morgan fingerprint density at radius 2 is 1.25 bits per heavy atom. The summed E-state index contributed by atoms with van der Waals surface area (Å²) in [5.74, 6) is 0. The lowest BCUT2D eigenvalue weighted by Crippen LogP contribution is -1.71. The molecule has 0 spiro atoms. The van der Waals surface area contributed by atoms with Crippen LogP contribution >= 0.6 is 0 Å². The quantitative estimate of drug-likeness (QED) is 0.631. The molecule has 70 valence electrons.